The van der Waals surface area contributed by atoms with Crippen molar-refractivity contribution in [3.8, 4) is 17.0 Å². The third-order valence-electron chi connectivity index (χ3n) is 6.52. The summed E-state index contributed by atoms with van der Waals surface area (Å²) < 4.78 is 13.4. The topological polar surface area (TPSA) is 104 Å². The van der Waals surface area contributed by atoms with Crippen LogP contribution < -0.4 is 16.4 Å². The van der Waals surface area contributed by atoms with Gasteiger partial charge in [0, 0.05) is 52.1 Å². The number of hydrogen-bond donors (Lipinski definition) is 4. The molecule has 1 aromatic heterocycles. The Balaban J connectivity index is 1.54. The van der Waals surface area contributed by atoms with Gasteiger partial charge in [-0.3, -0.25) is 4.79 Å². The lowest BCUT2D eigenvalue weighted by molar-refractivity contribution is -0.136. The molecule has 1 aliphatic heterocycles. The van der Waals surface area contributed by atoms with E-state index in [1.165, 1.54) is 0 Å². The van der Waals surface area contributed by atoms with Crippen LogP contribution in [0.5, 0.6) is 5.75 Å². The number of carbonyl (C=O) groups excluding carboxylic acids is 1. The van der Waals surface area contributed by atoms with Crippen molar-refractivity contribution in [2.75, 3.05) is 30.7 Å². The molecule has 1 fully saturated rings. The van der Waals surface area contributed by atoms with Crippen molar-refractivity contribution < 1.29 is 14.3 Å². The highest BCUT2D eigenvalue weighted by atomic mass is 35.5. The maximum Gasteiger partial charge on any atom is 0.226 e. The summed E-state index contributed by atoms with van der Waals surface area (Å²) in [6, 6.07) is 13.6. The quantitative estimate of drug-likeness (QED) is 0.308. The van der Waals surface area contributed by atoms with Crippen molar-refractivity contribution >= 4 is 34.7 Å². The predicted octanol–water partition coefficient (Wildman–Crippen LogP) is 5.25. The molecule has 0 unspecified atom stereocenters. The molecule has 36 heavy (non-hydrogen) atoms. The van der Waals surface area contributed by atoms with Crippen LogP contribution in [0.4, 0.5) is 21.6 Å². The standard InChI is InChI=1S/C27H31ClFN5O2/c1-2-34(27(36)17-9-11-31-12-10-17)16-18-3-6-24(33-26(18)30)22-14-21(5-8-25(22)35)32-23-7-4-20(28)13-19(23)15-29/h3-8,13-14,17,31-32,35H,2,9-12,15-16H2,1H3,(H2,30,33). The summed E-state index contributed by atoms with van der Waals surface area (Å²) in [4.78, 5) is 19.3. The molecule has 0 bridgehead atoms. The first-order valence-corrected chi connectivity index (χ1v) is 12.5. The number of nitrogens with two attached hydrogens (primary N) is 1. The van der Waals surface area contributed by atoms with E-state index in [2.05, 4.69) is 15.6 Å². The Bertz CT molecular complexity index is 1230. The van der Waals surface area contributed by atoms with Gasteiger partial charge in [-0.15, -0.1) is 0 Å². The largest absolute Gasteiger partial charge is 0.507 e. The van der Waals surface area contributed by atoms with Gasteiger partial charge in [0.1, 0.15) is 18.2 Å². The number of phenolic OH excluding ortho intramolecular Hbond substituents is 1. The van der Waals surface area contributed by atoms with E-state index in [0.29, 0.717) is 52.1 Å². The lowest BCUT2D eigenvalue weighted by Crippen LogP contribution is -2.40. The summed E-state index contributed by atoms with van der Waals surface area (Å²) in [5, 5.41) is 17.4. The third-order valence-corrected chi connectivity index (χ3v) is 6.75. The molecule has 1 saturated heterocycles. The summed E-state index contributed by atoms with van der Waals surface area (Å²) in [5.74, 6) is 0.525. The Morgan fingerprint density at radius 3 is 2.67 bits per heavy atom. The first kappa shape index (κ1) is 25.7. The fraction of sp³-hybridized carbons (Fsp3) is 0.333. The number of nitrogens with one attached hydrogen (secondary N) is 2. The molecule has 5 N–H and O–H groups in total. The molecule has 1 aliphatic rings. The fourth-order valence-corrected chi connectivity index (χ4v) is 4.63. The Labute approximate surface area is 215 Å². The van der Waals surface area contributed by atoms with Gasteiger partial charge in [0.25, 0.3) is 0 Å². The molecule has 1 amide bonds. The zero-order valence-corrected chi connectivity index (χ0v) is 21.0. The molecule has 2 heterocycles. The molecule has 0 atom stereocenters. The van der Waals surface area contributed by atoms with Gasteiger partial charge in [0.2, 0.25) is 5.91 Å². The van der Waals surface area contributed by atoms with Crippen LogP contribution in [0.25, 0.3) is 11.3 Å². The highest BCUT2D eigenvalue weighted by molar-refractivity contribution is 6.30. The number of amides is 1. The van der Waals surface area contributed by atoms with Crippen molar-refractivity contribution in [2.45, 2.75) is 33.0 Å². The van der Waals surface area contributed by atoms with Gasteiger partial charge in [-0.2, -0.15) is 0 Å². The van der Waals surface area contributed by atoms with Crippen LogP contribution in [0.15, 0.2) is 48.5 Å². The SMILES string of the molecule is CCN(Cc1ccc(-c2cc(Nc3ccc(Cl)cc3CF)ccc2O)nc1N)C(=O)C1CCNCC1. The number of carbonyl (C=O) groups is 1. The van der Waals surface area contributed by atoms with Gasteiger partial charge in [0.05, 0.1) is 5.69 Å². The number of alkyl halides is 1. The van der Waals surface area contributed by atoms with Crippen LogP contribution in [-0.2, 0) is 18.0 Å². The summed E-state index contributed by atoms with van der Waals surface area (Å²) in [6.07, 6.45) is 1.68. The maximum atomic E-state index is 13.4. The van der Waals surface area contributed by atoms with E-state index in [1.807, 2.05) is 17.9 Å². The molecule has 0 radical (unpaired) electrons. The van der Waals surface area contributed by atoms with Gasteiger partial charge in [-0.1, -0.05) is 17.7 Å². The molecule has 2 aromatic carbocycles. The molecule has 190 valence electrons. The normalized spacial score (nSPS) is 14.0. The molecule has 0 spiro atoms. The van der Waals surface area contributed by atoms with E-state index in [9.17, 15) is 14.3 Å². The number of aromatic hydroxyl groups is 1. The summed E-state index contributed by atoms with van der Waals surface area (Å²) in [5.41, 5.74) is 9.68. The van der Waals surface area contributed by atoms with Crippen LogP contribution in [0.3, 0.4) is 0 Å². The smallest absolute Gasteiger partial charge is 0.226 e. The number of rotatable bonds is 8. The van der Waals surface area contributed by atoms with E-state index in [0.717, 1.165) is 31.5 Å². The van der Waals surface area contributed by atoms with Gasteiger partial charge >= 0.3 is 0 Å². The minimum atomic E-state index is -0.664. The Hall–Kier alpha value is -3.36. The van der Waals surface area contributed by atoms with Crippen LogP contribution in [0, 0.1) is 5.92 Å². The van der Waals surface area contributed by atoms with E-state index in [4.69, 9.17) is 17.3 Å². The molecule has 4 rings (SSSR count). The number of aromatic nitrogens is 1. The molecular formula is C27H31ClFN5O2. The van der Waals surface area contributed by atoms with Crippen molar-refractivity contribution in [2.24, 2.45) is 5.92 Å². The monoisotopic (exact) mass is 511 g/mol. The average molecular weight is 512 g/mol. The molecule has 0 aliphatic carbocycles. The molecule has 7 nitrogen and oxygen atoms in total. The van der Waals surface area contributed by atoms with Crippen molar-refractivity contribution in [3.63, 3.8) is 0 Å². The Morgan fingerprint density at radius 1 is 1.19 bits per heavy atom. The van der Waals surface area contributed by atoms with Crippen LogP contribution in [-0.4, -0.2) is 40.5 Å². The number of piperidine rings is 1. The highest BCUT2D eigenvalue weighted by Crippen LogP contribution is 2.34. The van der Waals surface area contributed by atoms with Crippen LogP contribution >= 0.6 is 11.6 Å². The van der Waals surface area contributed by atoms with E-state index >= 15 is 0 Å². The lowest BCUT2D eigenvalue weighted by Gasteiger charge is -2.29. The number of hydrogen-bond acceptors (Lipinski definition) is 6. The second kappa shape index (κ2) is 11.6. The zero-order valence-electron chi connectivity index (χ0n) is 20.2. The second-order valence-corrected chi connectivity index (χ2v) is 9.35. The Kier molecular flexibility index (Phi) is 8.28. The van der Waals surface area contributed by atoms with Crippen LogP contribution in [0.2, 0.25) is 5.02 Å². The molecule has 0 saturated carbocycles. The first-order valence-electron chi connectivity index (χ1n) is 12.1. The average Bonchev–Trinajstić information content (AvgIpc) is 2.90. The van der Waals surface area contributed by atoms with Gasteiger partial charge in [0.15, 0.2) is 0 Å². The van der Waals surface area contributed by atoms with Crippen LogP contribution in [0.1, 0.15) is 30.9 Å². The summed E-state index contributed by atoms with van der Waals surface area (Å²) in [6.45, 7) is 3.98. The van der Waals surface area contributed by atoms with Crippen molar-refractivity contribution in [1.29, 1.82) is 0 Å². The Morgan fingerprint density at radius 2 is 1.97 bits per heavy atom. The number of pyridine rings is 1. The number of phenols is 1. The van der Waals surface area contributed by atoms with E-state index in [1.54, 1.807) is 42.5 Å². The molecule has 9 heteroatoms. The van der Waals surface area contributed by atoms with Crippen molar-refractivity contribution in [1.82, 2.24) is 15.2 Å². The van der Waals surface area contributed by atoms with Gasteiger partial charge in [-0.25, -0.2) is 9.37 Å². The maximum absolute atomic E-state index is 13.4. The number of nitrogens with zero attached hydrogens (tertiary/aromatic N) is 2. The predicted molar refractivity (Wildman–Crippen MR) is 142 cm³/mol. The lowest BCUT2D eigenvalue weighted by atomic mass is 9.96. The summed E-state index contributed by atoms with van der Waals surface area (Å²) >= 11 is 5.98. The van der Waals surface area contributed by atoms with E-state index < -0.39 is 6.67 Å². The molecule has 3 aromatic rings. The minimum Gasteiger partial charge on any atom is -0.507 e. The van der Waals surface area contributed by atoms with Crippen molar-refractivity contribution in [3.05, 3.63) is 64.7 Å². The number of anilines is 3. The van der Waals surface area contributed by atoms with Gasteiger partial charge < -0.3 is 26.4 Å². The first-order chi connectivity index (χ1) is 17.4. The third kappa shape index (κ3) is 5.88. The second-order valence-electron chi connectivity index (χ2n) is 8.91. The fourth-order valence-electron chi connectivity index (χ4n) is 4.43. The van der Waals surface area contributed by atoms with E-state index in [-0.39, 0.29) is 17.6 Å². The summed E-state index contributed by atoms with van der Waals surface area (Å²) in [7, 11) is 0. The number of nitrogen functional groups attached to an aromatic ring is 1. The number of benzene rings is 2. The number of halogens is 2. The van der Waals surface area contributed by atoms with Gasteiger partial charge in [-0.05, 0) is 75.3 Å². The minimum absolute atomic E-state index is 0.0328. The zero-order chi connectivity index (χ0) is 25.7. The highest BCUT2D eigenvalue weighted by Gasteiger charge is 2.25. The molecular weight excluding hydrogens is 481 g/mol.